The van der Waals surface area contributed by atoms with E-state index >= 15 is 0 Å². The average molecular weight is 523 g/mol. The van der Waals surface area contributed by atoms with Crippen LogP contribution in [-0.2, 0) is 10.0 Å². The van der Waals surface area contributed by atoms with Crippen LogP contribution >= 0.6 is 11.3 Å². The minimum absolute atomic E-state index is 0.0107. The van der Waals surface area contributed by atoms with Crippen LogP contribution in [-0.4, -0.2) is 67.8 Å². The average Bonchev–Trinajstić information content (AvgIpc) is 3.60. The topological polar surface area (TPSA) is 73.8 Å². The third kappa shape index (κ3) is 5.37. The fourth-order valence-corrected chi connectivity index (χ4v) is 6.30. The molecule has 0 N–H and O–H groups in total. The molecule has 0 aliphatic heterocycles. The predicted octanol–water partition coefficient (Wildman–Crippen LogP) is 4.35. The van der Waals surface area contributed by atoms with E-state index in [2.05, 4.69) is 9.88 Å². The number of halogens is 2. The van der Waals surface area contributed by atoms with Gasteiger partial charge in [-0.15, -0.1) is 0 Å². The van der Waals surface area contributed by atoms with Crippen molar-refractivity contribution in [3.05, 3.63) is 53.6 Å². The Morgan fingerprint density at radius 3 is 2.34 bits per heavy atom. The number of hydrogen-bond donors (Lipinski definition) is 0. The maximum Gasteiger partial charge on any atom is 0.260 e. The summed E-state index contributed by atoms with van der Waals surface area (Å²) in [4.78, 5) is 21.5. The third-order valence-corrected chi connectivity index (χ3v) is 9.20. The summed E-state index contributed by atoms with van der Waals surface area (Å²) in [6.45, 7) is 6.46. The molecule has 0 atom stereocenters. The van der Waals surface area contributed by atoms with Gasteiger partial charge in [-0.1, -0.05) is 25.2 Å². The van der Waals surface area contributed by atoms with Gasteiger partial charge in [-0.2, -0.15) is 4.31 Å². The molecule has 188 valence electrons. The van der Waals surface area contributed by atoms with Crippen LogP contribution in [0, 0.1) is 11.6 Å². The number of rotatable bonds is 10. The van der Waals surface area contributed by atoms with Gasteiger partial charge >= 0.3 is 0 Å². The second-order valence-corrected chi connectivity index (χ2v) is 11.5. The molecule has 1 aliphatic rings. The molecule has 3 aromatic rings. The number of anilines is 1. The van der Waals surface area contributed by atoms with Crippen LogP contribution < -0.4 is 4.90 Å². The summed E-state index contributed by atoms with van der Waals surface area (Å²) in [5.74, 6) is -1.89. The number of nitrogens with zero attached hydrogens (tertiary/aromatic N) is 4. The quantitative estimate of drug-likeness (QED) is 0.396. The zero-order chi connectivity index (χ0) is 25.3. The van der Waals surface area contributed by atoms with Crippen LogP contribution in [0.4, 0.5) is 13.9 Å². The lowest BCUT2D eigenvalue weighted by Crippen LogP contribution is -2.39. The summed E-state index contributed by atoms with van der Waals surface area (Å²) >= 11 is 1.04. The van der Waals surface area contributed by atoms with Gasteiger partial charge in [0, 0.05) is 37.8 Å². The fraction of sp³-hybridized carbons (Fsp3) is 0.417. The summed E-state index contributed by atoms with van der Waals surface area (Å²) in [6, 6.07) is 7.81. The first-order valence-electron chi connectivity index (χ1n) is 11.5. The van der Waals surface area contributed by atoms with Gasteiger partial charge < -0.3 is 4.90 Å². The van der Waals surface area contributed by atoms with E-state index in [1.54, 1.807) is 7.05 Å². The molecule has 1 fully saturated rings. The van der Waals surface area contributed by atoms with E-state index < -0.39 is 27.6 Å². The van der Waals surface area contributed by atoms with Gasteiger partial charge in [0.2, 0.25) is 10.0 Å². The van der Waals surface area contributed by atoms with Gasteiger partial charge in [0.05, 0.1) is 9.60 Å². The second-order valence-electron chi connectivity index (χ2n) is 8.49. The Morgan fingerprint density at radius 1 is 1.09 bits per heavy atom. The van der Waals surface area contributed by atoms with Crippen molar-refractivity contribution < 1.29 is 22.0 Å². The van der Waals surface area contributed by atoms with Gasteiger partial charge in [0.1, 0.15) is 11.3 Å². The molecule has 7 nitrogen and oxygen atoms in total. The molecule has 0 bridgehead atoms. The summed E-state index contributed by atoms with van der Waals surface area (Å²) in [5, 5.41) is 0.256. The molecule has 11 heteroatoms. The first-order chi connectivity index (χ1) is 16.6. The largest absolute Gasteiger partial charge is 0.302 e. The third-order valence-electron chi connectivity index (χ3n) is 6.25. The number of fused-ring (bicyclic) bond motifs is 1. The molecular formula is C24H28F2N4O3S2. The molecule has 35 heavy (non-hydrogen) atoms. The number of amides is 1. The van der Waals surface area contributed by atoms with Crippen LogP contribution in [0.5, 0.6) is 0 Å². The van der Waals surface area contributed by atoms with E-state index in [1.165, 1.54) is 39.5 Å². The maximum absolute atomic E-state index is 14.3. The number of likely N-dealkylation sites (N-methyl/N-ethyl adjacent to an activating group) is 1. The Bertz CT molecular complexity index is 1320. The van der Waals surface area contributed by atoms with Gasteiger partial charge in [0.25, 0.3) is 5.91 Å². The first kappa shape index (κ1) is 25.6. The number of hydrogen-bond acceptors (Lipinski definition) is 6. The van der Waals surface area contributed by atoms with Crippen LogP contribution in [0.3, 0.4) is 0 Å². The van der Waals surface area contributed by atoms with Crippen molar-refractivity contribution in [1.82, 2.24) is 14.2 Å². The molecule has 0 saturated heterocycles. The van der Waals surface area contributed by atoms with Crippen LogP contribution in [0.15, 0.2) is 41.3 Å². The number of aromatic nitrogens is 1. The summed E-state index contributed by atoms with van der Waals surface area (Å²) in [6.07, 6.45) is 1.70. The highest BCUT2D eigenvalue weighted by atomic mass is 32.2. The number of carbonyl (C=O) groups excluding carboxylic acids is 1. The van der Waals surface area contributed by atoms with Crippen LogP contribution in [0.25, 0.3) is 10.2 Å². The van der Waals surface area contributed by atoms with Gasteiger partial charge in [-0.05, 0) is 56.3 Å². The van der Waals surface area contributed by atoms with E-state index in [-0.39, 0.29) is 33.7 Å². The Balaban J connectivity index is 1.65. The van der Waals surface area contributed by atoms with Gasteiger partial charge in [-0.3, -0.25) is 9.69 Å². The van der Waals surface area contributed by atoms with Gasteiger partial charge in [-0.25, -0.2) is 22.2 Å². The summed E-state index contributed by atoms with van der Waals surface area (Å²) < 4.78 is 55.3. The fourth-order valence-electron chi connectivity index (χ4n) is 3.85. The number of sulfonamides is 1. The van der Waals surface area contributed by atoms with Crippen molar-refractivity contribution in [1.29, 1.82) is 0 Å². The number of carbonyl (C=O) groups is 1. The van der Waals surface area contributed by atoms with E-state index in [0.717, 1.165) is 43.3 Å². The Kier molecular flexibility index (Phi) is 7.51. The highest BCUT2D eigenvalue weighted by Crippen LogP contribution is 2.33. The molecule has 0 radical (unpaired) electrons. The highest BCUT2D eigenvalue weighted by molar-refractivity contribution is 7.89. The molecule has 0 unspecified atom stereocenters. The van der Waals surface area contributed by atoms with Crippen LogP contribution in [0.1, 0.15) is 37.0 Å². The van der Waals surface area contributed by atoms with Crippen molar-refractivity contribution in [3.8, 4) is 0 Å². The standard InChI is InChI=1S/C24H28F2N4O3S2/c1-4-29(5-2)12-13-30(24-27-22-20(26)14-17(25)15-21(22)34-24)23(31)16-6-10-19(11-7-16)35(32,33)28(3)18-8-9-18/h6-7,10-11,14-15,18H,4-5,8-9,12-13H2,1-3H3. The Hall–Kier alpha value is -2.47. The zero-order valence-corrected chi connectivity index (χ0v) is 21.5. The van der Waals surface area contributed by atoms with E-state index in [0.29, 0.717) is 11.2 Å². The molecule has 2 aromatic carbocycles. The molecule has 4 rings (SSSR count). The van der Waals surface area contributed by atoms with Crippen molar-refractivity contribution in [2.24, 2.45) is 0 Å². The Labute approximate surface area is 208 Å². The van der Waals surface area contributed by atoms with E-state index in [4.69, 9.17) is 0 Å². The molecule has 1 aliphatic carbocycles. The lowest BCUT2D eigenvalue weighted by atomic mass is 10.2. The zero-order valence-electron chi connectivity index (χ0n) is 19.9. The lowest BCUT2D eigenvalue weighted by molar-refractivity contribution is 0.0983. The van der Waals surface area contributed by atoms with Crippen molar-refractivity contribution >= 4 is 42.6 Å². The van der Waals surface area contributed by atoms with Gasteiger partial charge in [0.15, 0.2) is 10.9 Å². The monoisotopic (exact) mass is 522 g/mol. The van der Waals surface area contributed by atoms with E-state index in [9.17, 15) is 22.0 Å². The van der Waals surface area contributed by atoms with Crippen molar-refractivity contribution in [3.63, 3.8) is 0 Å². The molecule has 1 heterocycles. The predicted molar refractivity (Wildman–Crippen MR) is 133 cm³/mol. The molecule has 1 aromatic heterocycles. The highest BCUT2D eigenvalue weighted by Gasteiger charge is 2.35. The molecular weight excluding hydrogens is 494 g/mol. The SMILES string of the molecule is CCN(CC)CCN(C(=O)c1ccc(S(=O)(=O)N(C)C2CC2)cc1)c1nc2c(F)cc(F)cc2s1. The minimum atomic E-state index is -3.63. The smallest absolute Gasteiger partial charge is 0.260 e. The Morgan fingerprint density at radius 2 is 1.74 bits per heavy atom. The first-order valence-corrected chi connectivity index (χ1v) is 13.8. The van der Waals surface area contributed by atoms with Crippen molar-refractivity contribution in [2.75, 3.05) is 38.1 Å². The minimum Gasteiger partial charge on any atom is -0.302 e. The maximum atomic E-state index is 14.3. The van der Waals surface area contributed by atoms with Crippen LogP contribution in [0.2, 0.25) is 0 Å². The summed E-state index contributed by atoms with van der Waals surface area (Å²) in [5.41, 5.74) is 0.292. The van der Waals surface area contributed by atoms with Crippen molar-refractivity contribution in [2.45, 2.75) is 37.6 Å². The molecule has 1 saturated carbocycles. The molecule has 0 spiro atoms. The molecule has 1 amide bonds. The second kappa shape index (κ2) is 10.3. The summed E-state index contributed by atoms with van der Waals surface area (Å²) in [7, 11) is -2.07. The van der Waals surface area contributed by atoms with E-state index in [1.807, 2.05) is 13.8 Å². The lowest BCUT2D eigenvalue weighted by Gasteiger charge is -2.25. The number of benzene rings is 2. The normalized spacial score (nSPS) is 14.3. The number of thiazole rings is 1.